The van der Waals surface area contributed by atoms with Crippen molar-refractivity contribution >= 4 is 22.9 Å². The number of piperazine rings is 1. The minimum Gasteiger partial charge on any atom is -0.406 e. The molecule has 3 saturated heterocycles. The Bertz CT molecular complexity index is 1620. The molecule has 3 aliphatic heterocycles. The summed E-state index contributed by atoms with van der Waals surface area (Å²) in [6.07, 6.45) is 0.606. The predicted octanol–water partition coefficient (Wildman–Crippen LogP) is 6.77. The van der Waals surface area contributed by atoms with Crippen molar-refractivity contribution in [2.24, 2.45) is 10.9 Å². The molecular formula is C39H47F3N6O2. The molecule has 4 heterocycles. The molecule has 11 heteroatoms. The molecule has 0 radical (unpaired) electrons. The highest BCUT2D eigenvalue weighted by Gasteiger charge is 2.31. The number of aliphatic imine (C=N–C) groups is 1. The van der Waals surface area contributed by atoms with Gasteiger partial charge in [-0.1, -0.05) is 30.8 Å². The molecule has 3 aliphatic rings. The van der Waals surface area contributed by atoms with E-state index in [1.165, 1.54) is 23.4 Å². The first kappa shape index (κ1) is 35.6. The van der Waals surface area contributed by atoms with E-state index < -0.39 is 6.36 Å². The third-order valence-electron chi connectivity index (χ3n) is 10.3. The van der Waals surface area contributed by atoms with Crippen LogP contribution in [0.2, 0.25) is 0 Å². The predicted molar refractivity (Wildman–Crippen MR) is 192 cm³/mol. The van der Waals surface area contributed by atoms with Crippen LogP contribution in [0.15, 0.2) is 78.4 Å². The van der Waals surface area contributed by atoms with Crippen molar-refractivity contribution in [1.29, 1.82) is 0 Å². The molecule has 0 spiro atoms. The number of ether oxygens (including phenoxy) is 1. The molecule has 1 amide bonds. The summed E-state index contributed by atoms with van der Waals surface area (Å²) in [4.78, 5) is 31.8. The van der Waals surface area contributed by atoms with Crippen molar-refractivity contribution < 1.29 is 22.7 Å². The molecule has 0 aliphatic carbocycles. The lowest BCUT2D eigenvalue weighted by molar-refractivity contribution is -0.274. The number of likely N-dealkylation sites (N-methyl/N-ethyl adjacent to an activating group) is 1. The van der Waals surface area contributed by atoms with Crippen molar-refractivity contribution in [3.63, 3.8) is 0 Å². The lowest BCUT2D eigenvalue weighted by atomic mass is 9.86. The molecule has 0 unspecified atom stereocenters. The standard InChI is InChI=1S/C39H47F3N6O2/c1-28(31-6-9-35(10-7-31)47-24-22-45(3)23-25-47)32-14-20-48(21-15-32)38(49)37-13-8-33(26-43-37)29(2)44-34-16-18-46(19-17-34)27-30-4-11-36(12-5-30)50-39(40,41)42/h4-13,26,32,34H,1,14-25,27H2,2-3H3. The Morgan fingerprint density at radius 2 is 1.50 bits per heavy atom. The fourth-order valence-corrected chi connectivity index (χ4v) is 7.12. The van der Waals surface area contributed by atoms with E-state index in [1.54, 1.807) is 24.4 Å². The zero-order valence-electron chi connectivity index (χ0n) is 29.0. The molecule has 1 aromatic heterocycles. The van der Waals surface area contributed by atoms with Crippen molar-refractivity contribution in [3.05, 3.63) is 95.8 Å². The Balaban J connectivity index is 0.941. The molecule has 50 heavy (non-hydrogen) atoms. The average molecular weight is 689 g/mol. The number of aromatic nitrogens is 1. The van der Waals surface area contributed by atoms with Gasteiger partial charge in [0, 0.05) is 82.1 Å². The van der Waals surface area contributed by atoms with Crippen LogP contribution in [0.4, 0.5) is 18.9 Å². The summed E-state index contributed by atoms with van der Waals surface area (Å²) in [5.74, 6) is 0.0992. The highest BCUT2D eigenvalue weighted by molar-refractivity contribution is 5.99. The number of amides is 1. The number of likely N-dealkylation sites (tertiary alicyclic amines) is 2. The maximum Gasteiger partial charge on any atom is 0.573 e. The summed E-state index contributed by atoms with van der Waals surface area (Å²) >= 11 is 0. The van der Waals surface area contributed by atoms with Gasteiger partial charge in [0.05, 0.1) is 6.04 Å². The van der Waals surface area contributed by atoms with Crippen molar-refractivity contribution in [2.75, 3.05) is 64.3 Å². The normalized spacial score (nSPS) is 19.1. The van der Waals surface area contributed by atoms with Crippen LogP contribution in [0.25, 0.3) is 5.57 Å². The summed E-state index contributed by atoms with van der Waals surface area (Å²) in [6.45, 7) is 14.4. The Morgan fingerprint density at radius 3 is 2.10 bits per heavy atom. The SMILES string of the molecule is C=C(c1ccc(N2CCN(C)CC2)cc1)C1CCN(C(=O)c2ccc(C(C)=NC3CCN(Cc4ccc(OC(F)(F)F)cc4)CC3)cn2)CC1. The zero-order chi connectivity index (χ0) is 35.3. The number of anilines is 1. The second kappa shape index (κ2) is 15.8. The summed E-state index contributed by atoms with van der Waals surface area (Å²) in [5.41, 5.74) is 6.78. The van der Waals surface area contributed by atoms with Crippen LogP contribution in [0, 0.1) is 5.92 Å². The fraction of sp³-hybridized carbons (Fsp3) is 0.462. The number of allylic oxidation sites excluding steroid dienone is 1. The molecule has 0 bridgehead atoms. The molecule has 266 valence electrons. The van der Waals surface area contributed by atoms with Crippen LogP contribution < -0.4 is 9.64 Å². The van der Waals surface area contributed by atoms with Gasteiger partial charge in [-0.15, -0.1) is 13.2 Å². The number of carbonyl (C=O) groups is 1. The third-order valence-corrected chi connectivity index (χ3v) is 10.3. The van der Waals surface area contributed by atoms with Crippen LogP contribution in [0.5, 0.6) is 5.75 Å². The van der Waals surface area contributed by atoms with Gasteiger partial charge in [-0.05, 0) is 98.7 Å². The lowest BCUT2D eigenvalue weighted by Crippen LogP contribution is -2.44. The highest BCUT2D eigenvalue weighted by atomic mass is 19.4. The number of benzene rings is 2. The van der Waals surface area contributed by atoms with Gasteiger partial charge in [0.25, 0.3) is 5.91 Å². The van der Waals surface area contributed by atoms with E-state index in [9.17, 15) is 18.0 Å². The van der Waals surface area contributed by atoms with Gasteiger partial charge in [-0.3, -0.25) is 19.7 Å². The van der Waals surface area contributed by atoms with Crippen LogP contribution >= 0.6 is 0 Å². The van der Waals surface area contributed by atoms with E-state index in [0.717, 1.165) is 87.4 Å². The summed E-state index contributed by atoms with van der Waals surface area (Å²) in [5, 5.41) is 0. The van der Waals surface area contributed by atoms with E-state index in [4.69, 9.17) is 4.99 Å². The van der Waals surface area contributed by atoms with Crippen molar-refractivity contribution in [1.82, 2.24) is 19.7 Å². The Kier molecular flexibility index (Phi) is 11.2. The molecule has 6 rings (SSSR count). The lowest BCUT2D eigenvalue weighted by Gasteiger charge is -2.34. The summed E-state index contributed by atoms with van der Waals surface area (Å²) in [7, 11) is 2.17. The van der Waals surface area contributed by atoms with Crippen LogP contribution in [0.1, 0.15) is 59.8 Å². The first-order chi connectivity index (χ1) is 24.0. The van der Waals surface area contributed by atoms with Gasteiger partial charge >= 0.3 is 6.36 Å². The van der Waals surface area contributed by atoms with Gasteiger partial charge in [0.15, 0.2) is 0 Å². The minimum absolute atomic E-state index is 0.0402. The zero-order valence-corrected chi connectivity index (χ0v) is 29.0. The smallest absolute Gasteiger partial charge is 0.406 e. The number of nitrogens with zero attached hydrogens (tertiary/aromatic N) is 6. The van der Waals surface area contributed by atoms with Crippen molar-refractivity contribution in [3.8, 4) is 5.75 Å². The highest BCUT2D eigenvalue weighted by Crippen LogP contribution is 2.32. The maximum absolute atomic E-state index is 13.3. The van der Waals surface area contributed by atoms with Gasteiger partial charge in [-0.25, -0.2) is 0 Å². The number of hydrogen-bond acceptors (Lipinski definition) is 7. The second-order valence-corrected chi connectivity index (χ2v) is 13.8. The van der Waals surface area contributed by atoms with Crippen molar-refractivity contribution in [2.45, 2.75) is 51.6 Å². The van der Waals surface area contributed by atoms with E-state index in [-0.39, 0.29) is 17.7 Å². The molecule has 3 fully saturated rings. The van der Waals surface area contributed by atoms with E-state index in [0.29, 0.717) is 31.2 Å². The average Bonchev–Trinajstić information content (AvgIpc) is 3.12. The minimum atomic E-state index is -4.69. The summed E-state index contributed by atoms with van der Waals surface area (Å²) in [6, 6.07) is 18.8. The monoisotopic (exact) mass is 688 g/mol. The number of pyridine rings is 1. The maximum atomic E-state index is 13.3. The molecule has 0 saturated carbocycles. The van der Waals surface area contributed by atoms with E-state index >= 15 is 0 Å². The first-order valence-corrected chi connectivity index (χ1v) is 17.6. The topological polar surface area (TPSA) is 64.5 Å². The number of rotatable bonds is 9. The fourth-order valence-electron chi connectivity index (χ4n) is 7.12. The number of alkyl halides is 3. The first-order valence-electron chi connectivity index (χ1n) is 17.6. The van der Waals surface area contributed by atoms with Crippen LogP contribution in [-0.2, 0) is 6.54 Å². The van der Waals surface area contributed by atoms with E-state index in [1.807, 2.05) is 17.9 Å². The molecular weight excluding hydrogens is 641 g/mol. The Labute approximate surface area is 293 Å². The third kappa shape index (κ3) is 9.31. The number of carbonyl (C=O) groups excluding carboxylic acids is 1. The van der Waals surface area contributed by atoms with Gasteiger partial charge in [0.1, 0.15) is 11.4 Å². The largest absolute Gasteiger partial charge is 0.573 e. The van der Waals surface area contributed by atoms with Crippen LogP contribution in [-0.4, -0.2) is 103 Å². The van der Waals surface area contributed by atoms with Crippen LogP contribution in [0.3, 0.4) is 0 Å². The number of piperidine rings is 2. The van der Waals surface area contributed by atoms with Gasteiger partial charge in [-0.2, -0.15) is 0 Å². The Morgan fingerprint density at radius 1 is 0.860 bits per heavy atom. The van der Waals surface area contributed by atoms with Gasteiger partial charge in [0.2, 0.25) is 0 Å². The molecule has 0 atom stereocenters. The van der Waals surface area contributed by atoms with E-state index in [2.05, 4.69) is 62.3 Å². The molecule has 2 aromatic carbocycles. The number of hydrogen-bond donors (Lipinski definition) is 0. The summed E-state index contributed by atoms with van der Waals surface area (Å²) < 4.78 is 41.2. The molecule has 0 N–H and O–H groups in total. The second-order valence-electron chi connectivity index (χ2n) is 13.8. The van der Waals surface area contributed by atoms with Gasteiger partial charge < -0.3 is 19.4 Å². The quantitative estimate of drug-likeness (QED) is 0.232. The number of halogens is 3. The molecule has 3 aromatic rings. The Hall–Kier alpha value is -4.22. The molecule has 8 nitrogen and oxygen atoms in total.